The number of hydrogen-bond donors (Lipinski definition) is 0. The third kappa shape index (κ3) is 5.61. The highest BCUT2D eigenvalue weighted by atomic mass is 15.1. The molecule has 0 atom stereocenters. The zero-order valence-electron chi connectivity index (χ0n) is 37.7. The number of nitrogens with zero attached hydrogens (tertiary/aromatic N) is 2. The Balaban J connectivity index is 0.960. The van der Waals surface area contributed by atoms with E-state index in [2.05, 4.69) is 256 Å². The minimum absolute atomic E-state index is 0.0942. The molecule has 0 amide bonds. The second kappa shape index (κ2) is 14.3. The fourth-order valence-electron chi connectivity index (χ4n) is 11.7. The Kier molecular flexibility index (Phi) is 8.33. The number of benzene rings is 11. The van der Waals surface area contributed by atoms with Crippen molar-refractivity contribution in [2.24, 2.45) is 0 Å². The molecular formula is C64H48N2. The molecule has 0 unspecified atom stereocenters. The minimum atomic E-state index is -0.0990. The van der Waals surface area contributed by atoms with E-state index in [9.17, 15) is 0 Å². The lowest BCUT2D eigenvalue weighted by atomic mass is 9.82. The van der Waals surface area contributed by atoms with Crippen molar-refractivity contribution >= 4 is 77.2 Å². The Morgan fingerprint density at radius 1 is 0.258 bits per heavy atom. The van der Waals surface area contributed by atoms with Gasteiger partial charge in [-0.1, -0.05) is 173 Å². The molecule has 0 aliphatic heterocycles. The Labute approximate surface area is 386 Å². The Morgan fingerprint density at radius 2 is 0.652 bits per heavy atom. The molecule has 0 saturated carbocycles. The number of para-hydroxylation sites is 2. The van der Waals surface area contributed by atoms with Crippen LogP contribution in [0.2, 0.25) is 0 Å². The summed E-state index contributed by atoms with van der Waals surface area (Å²) in [5.74, 6) is 0. The van der Waals surface area contributed by atoms with Crippen molar-refractivity contribution in [2.75, 3.05) is 9.80 Å². The Morgan fingerprint density at radius 3 is 1.23 bits per heavy atom. The van der Waals surface area contributed by atoms with Gasteiger partial charge in [0.1, 0.15) is 0 Å². The molecule has 0 fully saturated rings. The summed E-state index contributed by atoms with van der Waals surface area (Å²) >= 11 is 0. The predicted molar refractivity (Wildman–Crippen MR) is 281 cm³/mol. The fourth-order valence-corrected chi connectivity index (χ4v) is 11.7. The first-order chi connectivity index (χ1) is 32.3. The van der Waals surface area contributed by atoms with E-state index in [1.54, 1.807) is 0 Å². The van der Waals surface area contributed by atoms with Crippen LogP contribution < -0.4 is 9.80 Å². The molecule has 2 aliphatic rings. The summed E-state index contributed by atoms with van der Waals surface area (Å²) in [5.41, 5.74) is 17.5. The van der Waals surface area contributed by atoms with Gasteiger partial charge in [0.15, 0.2) is 0 Å². The molecule has 66 heavy (non-hydrogen) atoms. The first kappa shape index (κ1) is 38.5. The van der Waals surface area contributed by atoms with Crippen LogP contribution in [0.5, 0.6) is 0 Å². The van der Waals surface area contributed by atoms with Gasteiger partial charge in [-0.25, -0.2) is 0 Å². The largest absolute Gasteiger partial charge is 0.310 e. The third-order valence-corrected chi connectivity index (χ3v) is 15.0. The quantitative estimate of drug-likeness (QED) is 0.154. The summed E-state index contributed by atoms with van der Waals surface area (Å²) in [6.45, 7) is 9.44. The van der Waals surface area contributed by atoms with Crippen LogP contribution in [0.4, 0.5) is 34.1 Å². The molecule has 11 aromatic rings. The van der Waals surface area contributed by atoms with Gasteiger partial charge in [0.25, 0.3) is 0 Å². The lowest BCUT2D eigenvalue weighted by Crippen LogP contribution is -2.16. The molecule has 0 N–H and O–H groups in total. The van der Waals surface area contributed by atoms with Crippen molar-refractivity contribution in [2.45, 2.75) is 38.5 Å². The molecule has 0 aromatic heterocycles. The Hall–Kier alpha value is -7.94. The van der Waals surface area contributed by atoms with E-state index in [-0.39, 0.29) is 10.8 Å². The average Bonchev–Trinajstić information content (AvgIpc) is 3.73. The van der Waals surface area contributed by atoms with Crippen LogP contribution in [0.15, 0.2) is 218 Å². The number of anilines is 6. The molecule has 0 saturated heterocycles. The molecule has 314 valence electrons. The van der Waals surface area contributed by atoms with Gasteiger partial charge in [-0.05, 0) is 160 Å². The third-order valence-electron chi connectivity index (χ3n) is 15.0. The van der Waals surface area contributed by atoms with E-state index in [0.717, 1.165) is 34.1 Å². The monoisotopic (exact) mass is 844 g/mol. The molecule has 2 aliphatic carbocycles. The summed E-state index contributed by atoms with van der Waals surface area (Å²) in [7, 11) is 0. The SMILES string of the molecule is CC1(C)c2ccccc2-c2ccc(N(c3ccccc3)c3ccc4c(ccc5c6ccc(N(c7ccccc7)c7ccc8c(c7)C(C)(C)c7ccccc7-8)cc6c6ccccc6c45)c3)cc21. The van der Waals surface area contributed by atoms with Gasteiger partial charge in [-0.3, -0.25) is 0 Å². The van der Waals surface area contributed by atoms with E-state index >= 15 is 0 Å². The van der Waals surface area contributed by atoms with Crippen molar-refractivity contribution in [1.29, 1.82) is 0 Å². The van der Waals surface area contributed by atoms with E-state index < -0.39 is 0 Å². The first-order valence-electron chi connectivity index (χ1n) is 23.3. The van der Waals surface area contributed by atoms with Gasteiger partial charge in [0.05, 0.1) is 0 Å². The van der Waals surface area contributed by atoms with Crippen LogP contribution in [0.3, 0.4) is 0 Å². The van der Waals surface area contributed by atoms with Crippen LogP contribution in [0.25, 0.3) is 65.3 Å². The highest BCUT2D eigenvalue weighted by Gasteiger charge is 2.37. The van der Waals surface area contributed by atoms with E-state index in [0.29, 0.717) is 0 Å². The molecule has 13 rings (SSSR count). The minimum Gasteiger partial charge on any atom is -0.310 e. The van der Waals surface area contributed by atoms with Gasteiger partial charge in [-0.2, -0.15) is 0 Å². The lowest BCUT2D eigenvalue weighted by Gasteiger charge is -2.29. The topological polar surface area (TPSA) is 6.48 Å². The van der Waals surface area contributed by atoms with Crippen LogP contribution in [-0.4, -0.2) is 0 Å². The van der Waals surface area contributed by atoms with Gasteiger partial charge in [0, 0.05) is 45.0 Å². The normalized spacial score (nSPS) is 14.0. The van der Waals surface area contributed by atoms with Gasteiger partial charge < -0.3 is 9.80 Å². The molecule has 11 aromatic carbocycles. The second-order valence-electron chi connectivity index (χ2n) is 19.3. The Bertz CT molecular complexity index is 3740. The summed E-state index contributed by atoms with van der Waals surface area (Å²) in [4.78, 5) is 4.85. The maximum atomic E-state index is 2.43. The first-order valence-corrected chi connectivity index (χ1v) is 23.3. The smallest absolute Gasteiger partial charge is 0.0468 e. The van der Waals surface area contributed by atoms with E-state index in [1.165, 1.54) is 87.6 Å². The maximum absolute atomic E-state index is 2.43. The number of hydrogen-bond acceptors (Lipinski definition) is 2. The summed E-state index contributed by atoms with van der Waals surface area (Å²) in [6.07, 6.45) is 0. The van der Waals surface area contributed by atoms with Crippen molar-refractivity contribution in [3.63, 3.8) is 0 Å². The van der Waals surface area contributed by atoms with Crippen LogP contribution >= 0.6 is 0 Å². The van der Waals surface area contributed by atoms with Crippen molar-refractivity contribution in [1.82, 2.24) is 0 Å². The second-order valence-corrected chi connectivity index (χ2v) is 19.3. The molecule has 2 heteroatoms. The zero-order valence-corrected chi connectivity index (χ0v) is 37.7. The van der Waals surface area contributed by atoms with Crippen LogP contribution in [0, 0.1) is 0 Å². The summed E-state index contributed by atoms with van der Waals surface area (Å²) < 4.78 is 0. The van der Waals surface area contributed by atoms with Crippen molar-refractivity contribution < 1.29 is 0 Å². The van der Waals surface area contributed by atoms with Crippen molar-refractivity contribution in [3.05, 3.63) is 241 Å². The van der Waals surface area contributed by atoms with Crippen molar-refractivity contribution in [3.8, 4) is 22.3 Å². The highest BCUT2D eigenvalue weighted by molar-refractivity contribution is 6.32. The lowest BCUT2D eigenvalue weighted by molar-refractivity contribution is 0.660. The predicted octanol–water partition coefficient (Wildman–Crippen LogP) is 17.9. The van der Waals surface area contributed by atoms with Gasteiger partial charge >= 0.3 is 0 Å². The van der Waals surface area contributed by atoms with Gasteiger partial charge in [0.2, 0.25) is 0 Å². The molecule has 0 bridgehead atoms. The summed E-state index contributed by atoms with van der Waals surface area (Å²) in [6, 6.07) is 81.3. The molecule has 2 nitrogen and oxygen atoms in total. The number of fused-ring (bicyclic) bond motifs is 14. The zero-order chi connectivity index (χ0) is 44.3. The standard InChI is InChI=1S/C64H48N2/c1-63(2)58-25-15-13-22-51(58)53-35-30-46(39-60(53)63)65(42-17-7-5-8-18-42)44-28-33-48-41(37-44)27-32-56-50-34-29-45(38-57(50)49-21-11-12-24-55(49)62(48)56)66(43-19-9-6-10-20-43)47-31-36-54-52-23-14-16-26-59(52)64(3,4)61(54)40-47/h5-40H,1-4H3. The number of rotatable bonds is 6. The van der Waals surface area contributed by atoms with E-state index in [1.807, 2.05) is 0 Å². The van der Waals surface area contributed by atoms with Gasteiger partial charge in [-0.15, -0.1) is 0 Å². The van der Waals surface area contributed by atoms with E-state index in [4.69, 9.17) is 0 Å². The molecule has 0 spiro atoms. The molecule has 0 heterocycles. The summed E-state index contributed by atoms with van der Waals surface area (Å²) in [5, 5.41) is 10.0. The molecular weight excluding hydrogens is 797 g/mol. The van der Waals surface area contributed by atoms with Crippen LogP contribution in [0.1, 0.15) is 49.9 Å². The average molecular weight is 845 g/mol. The maximum Gasteiger partial charge on any atom is 0.0468 e. The fraction of sp³-hybridized carbons (Fsp3) is 0.0938. The molecule has 0 radical (unpaired) electrons. The highest BCUT2D eigenvalue weighted by Crippen LogP contribution is 2.53. The van der Waals surface area contributed by atoms with Crippen LogP contribution in [-0.2, 0) is 10.8 Å².